The number of carbonyl (C=O) groups excluding carboxylic acids is 6. The second kappa shape index (κ2) is 16.4. The Kier molecular flexibility index (Phi) is 12.1. The Balaban J connectivity index is 1.56. The van der Waals surface area contributed by atoms with Gasteiger partial charge in [0.25, 0.3) is 0 Å². The zero-order valence-electron chi connectivity index (χ0n) is 35.2. The Morgan fingerprint density at radius 2 is 1.52 bits per heavy atom. The lowest BCUT2D eigenvalue weighted by Gasteiger charge is -2.68. The predicted molar refractivity (Wildman–Crippen MR) is 214 cm³/mol. The van der Waals surface area contributed by atoms with Gasteiger partial charge in [-0.2, -0.15) is 0 Å². The molecule has 0 aromatic heterocycles. The van der Waals surface area contributed by atoms with Crippen LogP contribution in [0.15, 0.2) is 83.5 Å². The molecule has 0 spiro atoms. The van der Waals surface area contributed by atoms with Crippen molar-refractivity contribution in [1.29, 1.82) is 0 Å². The first-order chi connectivity index (χ1) is 28.1. The number of hydrogen-bond acceptors (Lipinski definition) is 13. The lowest BCUT2D eigenvalue weighted by Crippen LogP contribution is -2.78. The molecular formula is C46H55NO13. The van der Waals surface area contributed by atoms with Crippen LogP contribution in [-0.2, 0) is 42.9 Å². The normalized spacial score (nSPS) is 32.9. The monoisotopic (exact) mass is 829 g/mol. The van der Waals surface area contributed by atoms with E-state index in [0.717, 1.165) is 6.92 Å². The van der Waals surface area contributed by atoms with Gasteiger partial charge in [-0.3, -0.25) is 19.2 Å². The summed E-state index contributed by atoms with van der Waals surface area (Å²) >= 11 is 0. The summed E-state index contributed by atoms with van der Waals surface area (Å²) < 4.78 is 24.6. The molecular weight excluding hydrogens is 774 g/mol. The van der Waals surface area contributed by atoms with E-state index in [-0.39, 0.29) is 29.6 Å². The van der Waals surface area contributed by atoms with Crippen molar-refractivity contribution in [1.82, 2.24) is 5.32 Å². The number of ether oxygens (including phenoxy) is 4. The second-order valence-corrected chi connectivity index (χ2v) is 17.4. The van der Waals surface area contributed by atoms with Crippen molar-refractivity contribution >= 4 is 35.6 Å². The van der Waals surface area contributed by atoms with E-state index >= 15 is 4.79 Å². The summed E-state index contributed by atoms with van der Waals surface area (Å²) in [6, 6.07) is 15.0. The molecule has 2 aromatic carbocycles. The van der Waals surface area contributed by atoms with E-state index in [4.69, 9.17) is 18.9 Å². The molecule has 2 bridgehead atoms. The van der Waals surface area contributed by atoms with Crippen molar-refractivity contribution in [2.24, 2.45) is 22.7 Å². The van der Waals surface area contributed by atoms with Gasteiger partial charge < -0.3 is 39.6 Å². The minimum atomic E-state index is -2.33. The summed E-state index contributed by atoms with van der Waals surface area (Å²) in [5, 5.41) is 40.2. The fourth-order valence-electron chi connectivity index (χ4n) is 10.3. The number of allylic oxidation sites excluding steroid dienone is 1. The summed E-state index contributed by atoms with van der Waals surface area (Å²) in [6.45, 7) is 11.7. The minimum absolute atomic E-state index is 0.0167. The van der Waals surface area contributed by atoms with Gasteiger partial charge in [0.1, 0.15) is 23.4 Å². The number of esters is 4. The number of ketones is 1. The second-order valence-electron chi connectivity index (χ2n) is 17.4. The van der Waals surface area contributed by atoms with Crippen LogP contribution in [0.3, 0.4) is 0 Å². The largest absolute Gasteiger partial charge is 0.458 e. The quantitative estimate of drug-likeness (QED) is 0.113. The first-order valence-corrected chi connectivity index (χ1v) is 20.3. The molecule has 14 nitrogen and oxygen atoms in total. The molecule has 4 aliphatic rings. The molecule has 1 amide bonds. The smallest absolute Gasteiger partial charge is 0.338 e. The lowest BCUT2D eigenvalue weighted by molar-refractivity contribution is -0.296. The van der Waals surface area contributed by atoms with Crippen molar-refractivity contribution < 1.29 is 63.0 Å². The van der Waals surface area contributed by atoms with Crippen LogP contribution >= 0.6 is 0 Å². The summed E-state index contributed by atoms with van der Waals surface area (Å²) in [4.78, 5) is 83.0. The first kappa shape index (κ1) is 44.4. The highest BCUT2D eigenvalue weighted by atomic mass is 16.6. The van der Waals surface area contributed by atoms with Crippen LogP contribution < -0.4 is 5.32 Å². The molecule has 3 fully saturated rings. The Morgan fingerprint density at radius 1 is 0.900 bits per heavy atom. The summed E-state index contributed by atoms with van der Waals surface area (Å²) in [6.07, 6.45) is -6.62. The zero-order valence-corrected chi connectivity index (χ0v) is 35.2. The fourth-order valence-corrected chi connectivity index (χ4v) is 10.3. The van der Waals surface area contributed by atoms with Gasteiger partial charge in [0.05, 0.1) is 29.0 Å². The van der Waals surface area contributed by atoms with Crippen LogP contribution in [0.2, 0.25) is 0 Å². The fraction of sp³-hybridized carbons (Fsp3) is 0.522. The Bertz CT molecular complexity index is 2110. The Morgan fingerprint density at radius 3 is 2.07 bits per heavy atom. The van der Waals surface area contributed by atoms with Crippen molar-refractivity contribution in [3.63, 3.8) is 0 Å². The highest BCUT2D eigenvalue weighted by molar-refractivity contribution is 5.96. The van der Waals surface area contributed by atoms with Crippen LogP contribution in [0.4, 0.5) is 0 Å². The van der Waals surface area contributed by atoms with Gasteiger partial charge in [-0.05, 0) is 75.8 Å². The van der Waals surface area contributed by atoms with Crippen LogP contribution in [0.1, 0.15) is 103 Å². The highest BCUT2D eigenvalue weighted by Gasteiger charge is 2.77. The van der Waals surface area contributed by atoms with Crippen molar-refractivity contribution in [3.05, 3.63) is 94.6 Å². The predicted octanol–water partition coefficient (Wildman–Crippen LogP) is 4.40. The molecule has 0 saturated heterocycles. The van der Waals surface area contributed by atoms with Gasteiger partial charge in [-0.15, -0.1) is 0 Å². The van der Waals surface area contributed by atoms with E-state index in [9.17, 15) is 39.3 Å². The molecule has 6 rings (SSSR count). The topological polar surface area (TPSA) is 212 Å². The van der Waals surface area contributed by atoms with Gasteiger partial charge >= 0.3 is 23.9 Å². The van der Waals surface area contributed by atoms with Gasteiger partial charge in [0.15, 0.2) is 18.0 Å². The SMILES string of the molecule is C/C=C(\C)C(=O)N[C@@H](c1ccccc1)[C@@H](O)C(=O)O[C@H]1C[C@@]2(O)[C@@H](OC(=O)c3ccccc3)[C@@H]3[C@]4(OC(C)=O)CC[C@@H]4C[C@H](O)[C@@]3(C)C(=O)[C@H](OC(C)=O)C(=C1C)C2(C)C. The maximum absolute atomic E-state index is 15.5. The number of amides is 1. The molecule has 2 aromatic rings. The lowest BCUT2D eigenvalue weighted by atomic mass is 9.41. The number of fused-ring (bicyclic) bond motifs is 5. The number of benzene rings is 2. The minimum Gasteiger partial charge on any atom is -0.458 e. The summed E-state index contributed by atoms with van der Waals surface area (Å²) in [5.74, 6) is -6.94. The van der Waals surface area contributed by atoms with Crippen molar-refractivity contribution in [2.75, 3.05) is 0 Å². The van der Waals surface area contributed by atoms with E-state index < -0.39 is 112 Å². The van der Waals surface area contributed by atoms with E-state index in [1.54, 1.807) is 89.2 Å². The number of aliphatic hydroxyl groups excluding tert-OH is 2. The van der Waals surface area contributed by atoms with Crippen LogP contribution in [0.5, 0.6) is 0 Å². The van der Waals surface area contributed by atoms with Crippen LogP contribution in [0, 0.1) is 22.7 Å². The number of Topliss-reactive ketones (excluding diaryl/α,β-unsaturated/α-hetero) is 1. The summed E-state index contributed by atoms with van der Waals surface area (Å²) in [7, 11) is 0. The third kappa shape index (κ3) is 7.26. The highest BCUT2D eigenvalue weighted by Crippen LogP contribution is 2.67. The van der Waals surface area contributed by atoms with Gasteiger partial charge in [-0.25, -0.2) is 9.59 Å². The molecule has 11 atom stereocenters. The van der Waals surface area contributed by atoms with E-state index in [1.807, 2.05) is 0 Å². The maximum Gasteiger partial charge on any atom is 0.338 e. The molecule has 4 aliphatic carbocycles. The molecule has 60 heavy (non-hydrogen) atoms. The third-order valence-corrected chi connectivity index (χ3v) is 13.8. The number of nitrogens with one attached hydrogen (secondary N) is 1. The van der Waals surface area contributed by atoms with Crippen LogP contribution in [0.25, 0.3) is 0 Å². The Labute approximate surface area is 349 Å². The standard InChI is InChI=1S/C46H55NO13/c1-9-24(2)40(53)47-34(28-16-12-10-13-17-28)35(51)42(55)58-31-23-46(56)39(59-41(54)29-18-14-11-15-19-29)37-44(8,32(50)22-30-20-21-45(30,37)60-27(5)49)38(52)36(57-26(4)48)33(25(31)3)43(46,6)7/h9-19,30-32,34-37,39,50-51,56H,20-23H2,1-8H3,(H,47,53)/b24-9+/t30-,31+,32+,34+,35-,36-,37+,39+,44-,45+,46-/m1/s1. The molecule has 14 heteroatoms. The van der Waals surface area contributed by atoms with E-state index in [0.29, 0.717) is 17.6 Å². The molecule has 0 radical (unpaired) electrons. The number of aliphatic hydroxyl groups is 3. The average molecular weight is 830 g/mol. The zero-order chi connectivity index (χ0) is 44.1. The van der Waals surface area contributed by atoms with Crippen LogP contribution in [-0.4, -0.2) is 92.6 Å². The molecule has 3 saturated carbocycles. The molecule has 0 unspecified atom stereocenters. The molecule has 0 aliphatic heterocycles. The number of carbonyl (C=O) groups is 6. The van der Waals surface area contributed by atoms with Crippen molar-refractivity contribution in [3.8, 4) is 0 Å². The molecule has 4 N–H and O–H groups in total. The maximum atomic E-state index is 15.5. The number of hydrogen-bond donors (Lipinski definition) is 4. The first-order valence-electron chi connectivity index (χ1n) is 20.3. The van der Waals surface area contributed by atoms with Crippen molar-refractivity contribution in [2.45, 2.75) is 129 Å². The average Bonchev–Trinajstić information content (AvgIpc) is 3.20. The molecule has 0 heterocycles. The molecule has 322 valence electrons. The van der Waals surface area contributed by atoms with E-state index in [2.05, 4.69) is 5.32 Å². The van der Waals surface area contributed by atoms with Gasteiger partial charge in [-0.1, -0.05) is 68.5 Å². The van der Waals surface area contributed by atoms with Gasteiger partial charge in [0.2, 0.25) is 5.91 Å². The summed E-state index contributed by atoms with van der Waals surface area (Å²) in [5.41, 5.74) is -6.40. The number of rotatable bonds is 10. The van der Waals surface area contributed by atoms with E-state index in [1.165, 1.54) is 26.0 Å². The van der Waals surface area contributed by atoms with Gasteiger partial charge in [0, 0.05) is 37.2 Å². The Hall–Kier alpha value is -5.18. The third-order valence-electron chi connectivity index (χ3n) is 13.8.